The van der Waals surface area contributed by atoms with Gasteiger partial charge in [0.15, 0.2) is 5.96 Å². The van der Waals surface area contributed by atoms with Gasteiger partial charge in [0.1, 0.15) is 0 Å². The van der Waals surface area contributed by atoms with Crippen molar-refractivity contribution in [2.75, 3.05) is 13.6 Å². The van der Waals surface area contributed by atoms with Crippen LogP contribution in [0.5, 0.6) is 0 Å². The molecule has 0 atom stereocenters. The van der Waals surface area contributed by atoms with E-state index in [-0.39, 0.29) is 0 Å². The first-order valence-corrected chi connectivity index (χ1v) is 7.34. The van der Waals surface area contributed by atoms with Gasteiger partial charge in [-0.1, -0.05) is 45.4 Å². The van der Waals surface area contributed by atoms with Gasteiger partial charge in [-0.25, -0.2) is 0 Å². The van der Waals surface area contributed by atoms with Crippen molar-refractivity contribution in [1.29, 1.82) is 0 Å². The van der Waals surface area contributed by atoms with E-state index >= 15 is 0 Å². The highest BCUT2D eigenvalue weighted by Gasteiger charge is 2.13. The fraction of sp³-hybridized carbons (Fsp3) is 0.929. The number of nitrogens with zero attached hydrogens (tertiary/aromatic N) is 1. The standard InChI is InChI=1S/C14H29N3/c1-3-4-5-9-12-16-14(15-2)17-13-10-7-6-8-11-13/h13H,3-12H2,1-2H3,(H2,15,16,17). The molecule has 3 nitrogen and oxygen atoms in total. The summed E-state index contributed by atoms with van der Waals surface area (Å²) < 4.78 is 0. The predicted octanol–water partition coefficient (Wildman–Crippen LogP) is 3.06. The molecule has 1 saturated carbocycles. The van der Waals surface area contributed by atoms with E-state index in [1.165, 1.54) is 57.8 Å². The monoisotopic (exact) mass is 239 g/mol. The van der Waals surface area contributed by atoms with Crippen LogP contribution in [0.25, 0.3) is 0 Å². The lowest BCUT2D eigenvalue weighted by molar-refractivity contribution is 0.410. The first kappa shape index (κ1) is 14.3. The normalized spacial score (nSPS) is 18.1. The van der Waals surface area contributed by atoms with Gasteiger partial charge >= 0.3 is 0 Å². The largest absolute Gasteiger partial charge is 0.356 e. The zero-order chi connectivity index (χ0) is 12.3. The second-order valence-corrected chi connectivity index (χ2v) is 5.04. The van der Waals surface area contributed by atoms with E-state index in [0.29, 0.717) is 6.04 Å². The van der Waals surface area contributed by atoms with Crippen LogP contribution in [-0.2, 0) is 0 Å². The molecule has 2 N–H and O–H groups in total. The Bertz CT molecular complexity index is 208. The fourth-order valence-corrected chi connectivity index (χ4v) is 2.39. The number of hydrogen-bond donors (Lipinski definition) is 2. The van der Waals surface area contributed by atoms with Crippen LogP contribution >= 0.6 is 0 Å². The molecule has 100 valence electrons. The van der Waals surface area contributed by atoms with Crippen LogP contribution in [0.15, 0.2) is 4.99 Å². The van der Waals surface area contributed by atoms with Gasteiger partial charge in [-0.2, -0.15) is 0 Å². The van der Waals surface area contributed by atoms with Crippen molar-refractivity contribution in [3.05, 3.63) is 0 Å². The molecule has 1 aliphatic carbocycles. The summed E-state index contributed by atoms with van der Waals surface area (Å²) in [5.74, 6) is 0.994. The van der Waals surface area contributed by atoms with E-state index in [0.717, 1.165) is 12.5 Å². The second-order valence-electron chi connectivity index (χ2n) is 5.04. The molecule has 3 heteroatoms. The summed E-state index contributed by atoms with van der Waals surface area (Å²) in [5.41, 5.74) is 0. The molecule has 0 spiro atoms. The Kier molecular flexibility index (Phi) is 7.85. The second kappa shape index (κ2) is 9.32. The van der Waals surface area contributed by atoms with Gasteiger partial charge in [-0.3, -0.25) is 4.99 Å². The van der Waals surface area contributed by atoms with Gasteiger partial charge in [-0.05, 0) is 19.3 Å². The van der Waals surface area contributed by atoms with Crippen molar-refractivity contribution < 1.29 is 0 Å². The minimum absolute atomic E-state index is 0.644. The summed E-state index contributed by atoms with van der Waals surface area (Å²) in [6.45, 7) is 3.30. The van der Waals surface area contributed by atoms with Crippen molar-refractivity contribution >= 4 is 5.96 Å². The summed E-state index contributed by atoms with van der Waals surface area (Å²) in [5, 5.41) is 6.95. The highest BCUT2D eigenvalue weighted by atomic mass is 15.2. The number of nitrogens with one attached hydrogen (secondary N) is 2. The first-order chi connectivity index (χ1) is 8.36. The Labute approximate surface area is 106 Å². The molecule has 0 saturated heterocycles. The van der Waals surface area contributed by atoms with Crippen LogP contribution < -0.4 is 10.6 Å². The van der Waals surface area contributed by atoms with Gasteiger partial charge in [0.25, 0.3) is 0 Å². The molecule has 0 aromatic carbocycles. The summed E-state index contributed by atoms with van der Waals surface area (Å²) in [6.07, 6.45) is 12.0. The number of hydrogen-bond acceptors (Lipinski definition) is 1. The van der Waals surface area contributed by atoms with Crippen LogP contribution in [0.4, 0.5) is 0 Å². The Morgan fingerprint density at radius 2 is 1.88 bits per heavy atom. The Balaban J connectivity index is 2.10. The maximum absolute atomic E-state index is 4.29. The van der Waals surface area contributed by atoms with Crippen LogP contribution in [0.2, 0.25) is 0 Å². The summed E-state index contributed by atoms with van der Waals surface area (Å²) in [4.78, 5) is 4.29. The maximum Gasteiger partial charge on any atom is 0.191 e. The average molecular weight is 239 g/mol. The molecular formula is C14H29N3. The lowest BCUT2D eigenvalue weighted by Crippen LogP contribution is -2.44. The Morgan fingerprint density at radius 1 is 1.12 bits per heavy atom. The Morgan fingerprint density at radius 3 is 2.53 bits per heavy atom. The maximum atomic E-state index is 4.29. The molecule has 1 fully saturated rings. The van der Waals surface area contributed by atoms with Gasteiger partial charge in [-0.15, -0.1) is 0 Å². The molecule has 0 aromatic heterocycles. The third-order valence-electron chi connectivity index (χ3n) is 3.49. The lowest BCUT2D eigenvalue weighted by Gasteiger charge is -2.24. The van der Waals surface area contributed by atoms with Crippen LogP contribution in [-0.4, -0.2) is 25.6 Å². The number of rotatable bonds is 6. The van der Waals surface area contributed by atoms with Gasteiger partial charge < -0.3 is 10.6 Å². The van der Waals surface area contributed by atoms with E-state index in [1.807, 2.05) is 7.05 Å². The molecule has 0 radical (unpaired) electrons. The highest BCUT2D eigenvalue weighted by molar-refractivity contribution is 5.79. The smallest absolute Gasteiger partial charge is 0.191 e. The van der Waals surface area contributed by atoms with Gasteiger partial charge in [0.2, 0.25) is 0 Å². The van der Waals surface area contributed by atoms with Crippen molar-refractivity contribution in [2.24, 2.45) is 4.99 Å². The molecular weight excluding hydrogens is 210 g/mol. The first-order valence-electron chi connectivity index (χ1n) is 7.34. The van der Waals surface area contributed by atoms with Crippen LogP contribution in [0.3, 0.4) is 0 Å². The minimum atomic E-state index is 0.644. The molecule has 0 amide bonds. The third kappa shape index (κ3) is 6.54. The fourth-order valence-electron chi connectivity index (χ4n) is 2.39. The van der Waals surface area contributed by atoms with E-state index in [1.54, 1.807) is 0 Å². The molecule has 17 heavy (non-hydrogen) atoms. The molecule has 0 aliphatic heterocycles. The molecule has 1 aliphatic rings. The number of unbranched alkanes of at least 4 members (excludes halogenated alkanes) is 3. The molecule has 0 bridgehead atoms. The molecule has 0 unspecified atom stereocenters. The summed E-state index contributed by atoms with van der Waals surface area (Å²) in [6, 6.07) is 0.644. The van der Waals surface area contributed by atoms with Crippen molar-refractivity contribution in [3.63, 3.8) is 0 Å². The minimum Gasteiger partial charge on any atom is -0.356 e. The van der Waals surface area contributed by atoms with E-state index in [9.17, 15) is 0 Å². The van der Waals surface area contributed by atoms with Crippen molar-refractivity contribution in [1.82, 2.24) is 10.6 Å². The van der Waals surface area contributed by atoms with E-state index in [2.05, 4.69) is 22.5 Å². The molecule has 0 heterocycles. The van der Waals surface area contributed by atoms with Crippen molar-refractivity contribution in [2.45, 2.75) is 70.8 Å². The number of guanidine groups is 1. The quantitative estimate of drug-likeness (QED) is 0.424. The summed E-state index contributed by atoms with van der Waals surface area (Å²) >= 11 is 0. The number of aliphatic imine (C=N–C) groups is 1. The third-order valence-corrected chi connectivity index (χ3v) is 3.49. The van der Waals surface area contributed by atoms with Crippen LogP contribution in [0, 0.1) is 0 Å². The topological polar surface area (TPSA) is 36.4 Å². The van der Waals surface area contributed by atoms with Gasteiger partial charge in [0.05, 0.1) is 0 Å². The van der Waals surface area contributed by atoms with Crippen LogP contribution in [0.1, 0.15) is 64.7 Å². The zero-order valence-corrected chi connectivity index (χ0v) is 11.6. The predicted molar refractivity (Wildman–Crippen MR) is 75.5 cm³/mol. The SMILES string of the molecule is CCCCCCNC(=NC)NC1CCCCC1. The lowest BCUT2D eigenvalue weighted by atomic mass is 9.96. The van der Waals surface area contributed by atoms with Gasteiger partial charge in [0, 0.05) is 19.6 Å². The molecule has 1 rings (SSSR count). The van der Waals surface area contributed by atoms with E-state index in [4.69, 9.17) is 0 Å². The van der Waals surface area contributed by atoms with E-state index < -0.39 is 0 Å². The average Bonchev–Trinajstić information content (AvgIpc) is 2.38. The highest BCUT2D eigenvalue weighted by Crippen LogP contribution is 2.17. The Hall–Kier alpha value is -0.730. The van der Waals surface area contributed by atoms with Crippen molar-refractivity contribution in [3.8, 4) is 0 Å². The summed E-state index contributed by atoms with van der Waals surface area (Å²) in [7, 11) is 1.87. The molecule has 0 aromatic rings. The zero-order valence-electron chi connectivity index (χ0n) is 11.6.